The summed E-state index contributed by atoms with van der Waals surface area (Å²) in [6.07, 6.45) is 1.60. The first kappa shape index (κ1) is 24.2. The zero-order valence-corrected chi connectivity index (χ0v) is 19.8. The van der Waals surface area contributed by atoms with E-state index in [2.05, 4.69) is 20.9 Å². The number of anilines is 2. The minimum atomic E-state index is -0.751. The Balaban J connectivity index is 1.62. The monoisotopic (exact) mass is 486 g/mol. The zero-order valence-electron chi connectivity index (χ0n) is 18.2. The summed E-state index contributed by atoms with van der Waals surface area (Å²) in [5, 5.41) is 8.97. The number of esters is 1. The van der Waals surface area contributed by atoms with E-state index in [1.165, 1.54) is 18.4 Å². The zero-order chi connectivity index (χ0) is 24.0. The van der Waals surface area contributed by atoms with Crippen molar-refractivity contribution < 1.29 is 19.1 Å². The summed E-state index contributed by atoms with van der Waals surface area (Å²) >= 11 is 7.05. The summed E-state index contributed by atoms with van der Waals surface area (Å²) in [6.45, 7) is 3.64. The van der Waals surface area contributed by atoms with Crippen LogP contribution in [-0.2, 0) is 9.53 Å². The SMILES string of the molecule is COC(=O)[C@@H](NC(=O)c1ncc(-c2ccc(NC(=O)Nc3ccc(Cl)cc3)cc2)s1)C(C)C. The van der Waals surface area contributed by atoms with Crippen molar-refractivity contribution in [3.05, 3.63) is 64.8 Å². The van der Waals surface area contributed by atoms with E-state index in [1.54, 1.807) is 42.6 Å². The largest absolute Gasteiger partial charge is 0.467 e. The van der Waals surface area contributed by atoms with Crippen molar-refractivity contribution in [2.75, 3.05) is 17.7 Å². The lowest BCUT2D eigenvalue weighted by atomic mass is 10.0. The minimum Gasteiger partial charge on any atom is -0.467 e. The molecule has 0 aliphatic rings. The number of methoxy groups -OCH3 is 1. The van der Waals surface area contributed by atoms with Crippen molar-refractivity contribution in [2.24, 2.45) is 5.92 Å². The molecule has 3 rings (SSSR count). The van der Waals surface area contributed by atoms with Crippen LogP contribution in [0.1, 0.15) is 23.6 Å². The van der Waals surface area contributed by atoms with E-state index in [1.807, 2.05) is 26.0 Å². The average Bonchev–Trinajstić information content (AvgIpc) is 3.29. The first-order valence-corrected chi connectivity index (χ1v) is 11.2. The van der Waals surface area contributed by atoms with Gasteiger partial charge in [-0.25, -0.2) is 14.6 Å². The highest BCUT2D eigenvalue weighted by molar-refractivity contribution is 7.17. The molecule has 0 spiro atoms. The number of halogens is 1. The van der Waals surface area contributed by atoms with Crippen LogP contribution in [0.4, 0.5) is 16.2 Å². The molecule has 3 amide bonds. The Kier molecular flexibility index (Phi) is 8.02. The van der Waals surface area contributed by atoms with Crippen molar-refractivity contribution in [3.8, 4) is 10.4 Å². The molecule has 172 valence electrons. The molecule has 1 aromatic heterocycles. The molecule has 3 N–H and O–H groups in total. The van der Waals surface area contributed by atoms with Gasteiger partial charge in [0, 0.05) is 22.6 Å². The van der Waals surface area contributed by atoms with Crippen molar-refractivity contribution in [1.82, 2.24) is 10.3 Å². The second-order valence-electron chi connectivity index (χ2n) is 7.41. The summed E-state index contributed by atoms with van der Waals surface area (Å²) < 4.78 is 4.75. The predicted octanol–water partition coefficient (Wildman–Crippen LogP) is 5.03. The first-order valence-electron chi connectivity index (χ1n) is 10.1. The van der Waals surface area contributed by atoms with Gasteiger partial charge in [-0.2, -0.15) is 0 Å². The van der Waals surface area contributed by atoms with Gasteiger partial charge in [0.15, 0.2) is 5.01 Å². The Bertz CT molecular complexity index is 1130. The number of urea groups is 1. The van der Waals surface area contributed by atoms with Crippen LogP contribution < -0.4 is 16.0 Å². The lowest BCUT2D eigenvalue weighted by molar-refractivity contribution is -0.144. The number of nitrogens with zero attached hydrogens (tertiary/aromatic N) is 1. The molecule has 0 aliphatic heterocycles. The lowest BCUT2D eigenvalue weighted by Gasteiger charge is -2.18. The number of nitrogens with one attached hydrogen (secondary N) is 3. The van der Waals surface area contributed by atoms with Gasteiger partial charge in [-0.15, -0.1) is 11.3 Å². The molecule has 10 heteroatoms. The van der Waals surface area contributed by atoms with Crippen molar-refractivity contribution in [2.45, 2.75) is 19.9 Å². The van der Waals surface area contributed by atoms with Gasteiger partial charge >= 0.3 is 12.0 Å². The molecule has 3 aromatic rings. The van der Waals surface area contributed by atoms with Crippen LogP contribution in [0.15, 0.2) is 54.7 Å². The molecule has 0 saturated carbocycles. The van der Waals surface area contributed by atoms with Gasteiger partial charge in [-0.3, -0.25) is 4.79 Å². The topological polar surface area (TPSA) is 109 Å². The minimum absolute atomic E-state index is 0.127. The number of carbonyl (C=O) groups excluding carboxylic acids is 3. The van der Waals surface area contributed by atoms with Crippen LogP contribution in [-0.4, -0.2) is 36.0 Å². The van der Waals surface area contributed by atoms with Gasteiger partial charge in [-0.05, 0) is 47.9 Å². The maximum absolute atomic E-state index is 12.5. The van der Waals surface area contributed by atoms with Gasteiger partial charge in [0.05, 0.1) is 12.0 Å². The number of aromatic nitrogens is 1. The summed E-state index contributed by atoms with van der Waals surface area (Å²) in [5.41, 5.74) is 2.06. The van der Waals surface area contributed by atoms with Crippen molar-refractivity contribution >= 4 is 52.2 Å². The number of hydrogen-bond acceptors (Lipinski definition) is 6. The van der Waals surface area contributed by atoms with E-state index >= 15 is 0 Å². The highest BCUT2D eigenvalue weighted by atomic mass is 35.5. The van der Waals surface area contributed by atoms with Crippen LogP contribution in [0.25, 0.3) is 10.4 Å². The fourth-order valence-corrected chi connectivity index (χ4v) is 3.84. The highest BCUT2D eigenvalue weighted by Crippen LogP contribution is 2.27. The molecule has 0 bridgehead atoms. The predicted molar refractivity (Wildman–Crippen MR) is 130 cm³/mol. The quantitative estimate of drug-likeness (QED) is 0.405. The van der Waals surface area contributed by atoms with Gasteiger partial charge in [-0.1, -0.05) is 37.6 Å². The molecular weight excluding hydrogens is 464 g/mol. The highest BCUT2D eigenvalue weighted by Gasteiger charge is 2.26. The Morgan fingerprint density at radius 2 is 1.55 bits per heavy atom. The summed E-state index contributed by atoms with van der Waals surface area (Å²) in [5.74, 6) is -1.07. The van der Waals surface area contributed by atoms with E-state index in [0.717, 1.165) is 10.4 Å². The number of rotatable bonds is 7. The maximum atomic E-state index is 12.5. The molecule has 1 heterocycles. The number of hydrogen-bond donors (Lipinski definition) is 3. The molecule has 0 saturated heterocycles. The van der Waals surface area contributed by atoms with Gasteiger partial charge in [0.25, 0.3) is 5.91 Å². The van der Waals surface area contributed by atoms with E-state index in [0.29, 0.717) is 16.4 Å². The van der Waals surface area contributed by atoms with E-state index in [9.17, 15) is 14.4 Å². The van der Waals surface area contributed by atoms with Crippen molar-refractivity contribution in [3.63, 3.8) is 0 Å². The molecule has 0 fully saturated rings. The number of amides is 3. The first-order chi connectivity index (χ1) is 15.8. The van der Waals surface area contributed by atoms with E-state index in [-0.39, 0.29) is 17.0 Å². The van der Waals surface area contributed by atoms with Gasteiger partial charge in [0.1, 0.15) is 6.04 Å². The molecule has 8 nitrogen and oxygen atoms in total. The van der Waals surface area contributed by atoms with Crippen LogP contribution in [0.5, 0.6) is 0 Å². The lowest BCUT2D eigenvalue weighted by Crippen LogP contribution is -2.44. The second kappa shape index (κ2) is 10.9. The fourth-order valence-electron chi connectivity index (χ4n) is 2.88. The fraction of sp³-hybridized carbons (Fsp3) is 0.217. The number of benzene rings is 2. The van der Waals surface area contributed by atoms with E-state index < -0.39 is 17.9 Å². The van der Waals surface area contributed by atoms with Gasteiger partial charge < -0.3 is 20.7 Å². The average molecular weight is 487 g/mol. The van der Waals surface area contributed by atoms with E-state index in [4.69, 9.17) is 16.3 Å². The Morgan fingerprint density at radius 1 is 0.970 bits per heavy atom. The van der Waals surface area contributed by atoms with Crippen LogP contribution in [0.2, 0.25) is 5.02 Å². The Labute approximate surface area is 200 Å². The molecule has 0 aliphatic carbocycles. The molecule has 0 unspecified atom stereocenters. The molecule has 33 heavy (non-hydrogen) atoms. The summed E-state index contributed by atoms with van der Waals surface area (Å²) in [6, 6.07) is 12.8. The summed E-state index contributed by atoms with van der Waals surface area (Å²) in [7, 11) is 1.28. The Morgan fingerprint density at radius 3 is 2.09 bits per heavy atom. The van der Waals surface area contributed by atoms with Crippen molar-refractivity contribution in [1.29, 1.82) is 0 Å². The van der Waals surface area contributed by atoms with Gasteiger partial charge in [0.2, 0.25) is 0 Å². The van der Waals surface area contributed by atoms with Crippen LogP contribution in [0.3, 0.4) is 0 Å². The summed E-state index contributed by atoms with van der Waals surface area (Å²) in [4.78, 5) is 41.5. The third-order valence-electron chi connectivity index (χ3n) is 4.64. The van der Waals surface area contributed by atoms with Crippen LogP contribution in [0, 0.1) is 5.92 Å². The maximum Gasteiger partial charge on any atom is 0.328 e. The molecule has 2 aromatic carbocycles. The second-order valence-corrected chi connectivity index (χ2v) is 8.88. The van der Waals surface area contributed by atoms with Crippen LogP contribution >= 0.6 is 22.9 Å². The molecule has 0 radical (unpaired) electrons. The Hall–Kier alpha value is -3.43. The third-order valence-corrected chi connectivity index (χ3v) is 5.93. The molecule has 1 atom stereocenters. The standard InChI is InChI=1S/C23H23ClN4O4S/c1-13(2)19(22(30)32-3)28-20(29)21-25-12-18(33-21)14-4-8-16(9-5-14)26-23(31)27-17-10-6-15(24)7-11-17/h4-13,19H,1-3H3,(H,28,29)(H2,26,27,31)/t19-/m0/s1. The number of carbonyl (C=O) groups is 3. The smallest absolute Gasteiger partial charge is 0.328 e. The number of thiazole rings is 1. The molecular formula is C23H23ClN4O4S. The normalized spacial score (nSPS) is 11.5. The third kappa shape index (κ3) is 6.53. The number of ether oxygens (including phenoxy) is 1.